The van der Waals surface area contributed by atoms with Crippen LogP contribution in [-0.4, -0.2) is 34.0 Å². The van der Waals surface area contributed by atoms with Gasteiger partial charge in [0.15, 0.2) is 11.5 Å². The van der Waals surface area contributed by atoms with Crippen LogP contribution in [0.1, 0.15) is 68.3 Å². The van der Waals surface area contributed by atoms with Gasteiger partial charge in [0.2, 0.25) is 11.7 Å². The maximum absolute atomic E-state index is 13.6. The lowest BCUT2D eigenvalue weighted by Crippen LogP contribution is -2.50. The van der Waals surface area contributed by atoms with E-state index < -0.39 is 5.92 Å². The molecule has 2 heterocycles. The monoisotopic (exact) mass is 378 g/mol. The molecule has 0 radical (unpaired) electrons. The molecular weight excluding hydrogens is 354 g/mol. The molecule has 0 aliphatic heterocycles. The third-order valence-electron chi connectivity index (χ3n) is 5.78. The lowest BCUT2D eigenvalue weighted by atomic mass is 9.87. The lowest BCUT2D eigenvalue weighted by Gasteiger charge is -2.42. The number of rotatable bonds is 4. The minimum absolute atomic E-state index is 0.0896. The zero-order valence-electron chi connectivity index (χ0n) is 15.2. The van der Waals surface area contributed by atoms with E-state index in [1.165, 1.54) is 6.26 Å². The first-order valence-corrected chi connectivity index (χ1v) is 9.75. The van der Waals surface area contributed by atoms with Crippen molar-refractivity contribution in [2.24, 2.45) is 0 Å². The molecule has 7 heteroatoms. The second kappa shape index (κ2) is 7.44. The van der Waals surface area contributed by atoms with Gasteiger partial charge in [0.05, 0.1) is 6.26 Å². The quantitative estimate of drug-likeness (QED) is 0.725. The Labute approximate surface area is 156 Å². The van der Waals surface area contributed by atoms with Crippen molar-refractivity contribution in [3.63, 3.8) is 0 Å². The summed E-state index contributed by atoms with van der Waals surface area (Å²) in [6, 6.07) is 4.97. The van der Waals surface area contributed by atoms with Gasteiger partial charge in [0.25, 0.3) is 5.91 Å². The summed E-state index contributed by atoms with van der Waals surface area (Å²) >= 11 is 0. The molecule has 4 rings (SSSR count). The summed E-state index contributed by atoms with van der Waals surface area (Å²) in [5.41, 5.74) is 0.212. The van der Waals surface area contributed by atoms with Gasteiger partial charge in [0.1, 0.15) is 0 Å². The molecule has 2 aromatic rings. The van der Waals surface area contributed by atoms with E-state index >= 15 is 0 Å². The second-order valence-corrected chi connectivity index (χ2v) is 7.65. The summed E-state index contributed by atoms with van der Waals surface area (Å²) in [5, 5.41) is 3.94. The highest BCUT2D eigenvalue weighted by molar-refractivity contribution is 5.93. The summed E-state index contributed by atoms with van der Waals surface area (Å²) in [7, 11) is 0. The van der Waals surface area contributed by atoms with Crippen LogP contribution in [-0.2, 0) is 0 Å². The first-order valence-electron chi connectivity index (χ1n) is 9.75. The average molecular weight is 378 g/mol. The van der Waals surface area contributed by atoms with Crippen LogP contribution in [0.2, 0.25) is 0 Å². The number of aromatic nitrogens is 1. The molecule has 1 amide bonds. The predicted molar refractivity (Wildman–Crippen MR) is 94.5 cm³/mol. The molecule has 0 saturated heterocycles. The van der Waals surface area contributed by atoms with Gasteiger partial charge < -0.3 is 13.8 Å². The minimum Gasteiger partial charge on any atom is -0.461 e. The van der Waals surface area contributed by atoms with Crippen LogP contribution in [0.5, 0.6) is 0 Å². The van der Waals surface area contributed by atoms with Crippen molar-refractivity contribution in [2.45, 2.75) is 75.8 Å². The number of halogens is 2. The zero-order chi connectivity index (χ0) is 18.9. The third kappa shape index (κ3) is 3.92. The molecule has 5 nitrogen and oxygen atoms in total. The average Bonchev–Trinajstić information content (AvgIpc) is 3.35. The van der Waals surface area contributed by atoms with Crippen LogP contribution in [0.25, 0.3) is 11.5 Å². The van der Waals surface area contributed by atoms with Crippen LogP contribution < -0.4 is 0 Å². The number of alkyl halides is 2. The predicted octanol–water partition coefficient (Wildman–Crippen LogP) is 5.29. The van der Waals surface area contributed by atoms with E-state index in [1.807, 2.05) is 4.90 Å². The first kappa shape index (κ1) is 18.2. The van der Waals surface area contributed by atoms with Crippen LogP contribution in [0.15, 0.2) is 33.4 Å². The van der Waals surface area contributed by atoms with Gasteiger partial charge in [0, 0.05) is 31.0 Å². The highest BCUT2D eigenvalue weighted by atomic mass is 19.3. The lowest BCUT2D eigenvalue weighted by molar-refractivity contribution is -0.0561. The first-order chi connectivity index (χ1) is 13.0. The Kier molecular flexibility index (Phi) is 5.02. The van der Waals surface area contributed by atoms with Gasteiger partial charge in [-0.1, -0.05) is 24.4 Å². The molecule has 0 bridgehead atoms. The summed E-state index contributed by atoms with van der Waals surface area (Å²) < 4.78 is 37.8. The van der Waals surface area contributed by atoms with Crippen molar-refractivity contribution >= 4 is 5.91 Å². The molecule has 146 valence electrons. The van der Waals surface area contributed by atoms with Gasteiger partial charge >= 0.3 is 0 Å². The number of nitrogens with zero attached hydrogens (tertiary/aromatic N) is 2. The van der Waals surface area contributed by atoms with E-state index in [-0.39, 0.29) is 36.5 Å². The van der Waals surface area contributed by atoms with E-state index in [1.54, 1.807) is 18.2 Å². The molecule has 2 saturated carbocycles. The van der Waals surface area contributed by atoms with Crippen LogP contribution in [0.3, 0.4) is 0 Å². The number of hydrogen-bond donors (Lipinski definition) is 0. The van der Waals surface area contributed by atoms with Crippen LogP contribution in [0, 0.1) is 0 Å². The molecule has 0 aromatic carbocycles. The highest BCUT2D eigenvalue weighted by Crippen LogP contribution is 2.38. The largest absolute Gasteiger partial charge is 0.461 e. The molecule has 2 aromatic heterocycles. The smallest absolute Gasteiger partial charge is 0.276 e. The summed E-state index contributed by atoms with van der Waals surface area (Å²) in [6.45, 7) is 0. The number of furan rings is 1. The molecule has 0 atom stereocenters. The molecule has 2 aliphatic rings. The van der Waals surface area contributed by atoms with Gasteiger partial charge in [-0.3, -0.25) is 4.79 Å². The molecule has 2 fully saturated rings. The van der Waals surface area contributed by atoms with Crippen molar-refractivity contribution in [2.75, 3.05) is 0 Å². The Morgan fingerprint density at radius 3 is 2.44 bits per heavy atom. The van der Waals surface area contributed by atoms with E-state index in [0.29, 0.717) is 24.4 Å². The Morgan fingerprint density at radius 2 is 1.78 bits per heavy atom. The summed E-state index contributed by atoms with van der Waals surface area (Å²) in [5.74, 6) is -1.94. The van der Waals surface area contributed by atoms with Crippen molar-refractivity contribution in [1.29, 1.82) is 0 Å². The number of amides is 1. The Morgan fingerprint density at radius 1 is 1.07 bits per heavy atom. The summed E-state index contributed by atoms with van der Waals surface area (Å²) in [6.07, 6.45) is 6.99. The number of carbonyl (C=O) groups is 1. The molecule has 0 N–H and O–H groups in total. The van der Waals surface area contributed by atoms with Gasteiger partial charge in [-0.25, -0.2) is 8.78 Å². The van der Waals surface area contributed by atoms with E-state index in [0.717, 1.165) is 32.1 Å². The van der Waals surface area contributed by atoms with E-state index in [9.17, 15) is 13.6 Å². The second-order valence-electron chi connectivity index (χ2n) is 7.65. The third-order valence-corrected chi connectivity index (χ3v) is 5.78. The van der Waals surface area contributed by atoms with Crippen molar-refractivity contribution in [3.05, 3.63) is 30.2 Å². The fraction of sp³-hybridized carbons (Fsp3) is 0.600. The topological polar surface area (TPSA) is 59.5 Å². The maximum atomic E-state index is 13.6. The summed E-state index contributed by atoms with van der Waals surface area (Å²) in [4.78, 5) is 15.1. The minimum atomic E-state index is -2.61. The normalized spacial score (nSPS) is 21.3. The Bertz CT molecular complexity index is 756. The van der Waals surface area contributed by atoms with E-state index in [2.05, 4.69) is 5.16 Å². The van der Waals surface area contributed by atoms with Gasteiger partial charge in [-0.05, 0) is 37.8 Å². The zero-order valence-corrected chi connectivity index (χ0v) is 15.2. The molecule has 27 heavy (non-hydrogen) atoms. The van der Waals surface area contributed by atoms with Gasteiger partial charge in [-0.2, -0.15) is 0 Å². The Balaban J connectivity index is 1.57. The van der Waals surface area contributed by atoms with E-state index in [4.69, 9.17) is 8.94 Å². The highest BCUT2D eigenvalue weighted by Gasteiger charge is 2.41. The fourth-order valence-corrected chi connectivity index (χ4v) is 4.34. The Hall–Kier alpha value is -2.18. The molecule has 0 unspecified atom stereocenters. The fourth-order valence-electron chi connectivity index (χ4n) is 4.34. The van der Waals surface area contributed by atoms with Crippen LogP contribution >= 0.6 is 0 Å². The van der Waals surface area contributed by atoms with Crippen molar-refractivity contribution in [1.82, 2.24) is 10.1 Å². The van der Waals surface area contributed by atoms with Crippen molar-refractivity contribution < 1.29 is 22.5 Å². The van der Waals surface area contributed by atoms with Gasteiger partial charge in [-0.15, -0.1) is 0 Å². The SMILES string of the molecule is O=C(c1cc(-c2ccco2)on1)N(C1CCCCC1)C1CCC(F)(F)CC1. The molecule has 2 aliphatic carbocycles. The standard InChI is InChI=1S/C20H24F2N2O3/c21-20(22)10-8-15(9-11-20)24(14-5-2-1-3-6-14)19(25)16-13-18(27-23-16)17-7-4-12-26-17/h4,7,12-15H,1-3,5-6,8-11H2. The van der Waals surface area contributed by atoms with Crippen LogP contribution in [0.4, 0.5) is 8.78 Å². The number of hydrogen-bond acceptors (Lipinski definition) is 4. The maximum Gasteiger partial charge on any atom is 0.276 e. The van der Waals surface area contributed by atoms with Crippen molar-refractivity contribution in [3.8, 4) is 11.5 Å². The molecule has 0 spiro atoms. The molecular formula is C20H24F2N2O3. The number of carbonyl (C=O) groups excluding carboxylic acids is 1.